The van der Waals surface area contributed by atoms with Crippen LogP contribution in [0.25, 0.3) is 27.9 Å². The Morgan fingerprint density at radius 1 is 0.871 bits per heavy atom. The largest absolute Gasteiger partial charge is 0.384 e. The van der Waals surface area contributed by atoms with Gasteiger partial charge in [0.05, 0.1) is 15.9 Å². The van der Waals surface area contributed by atoms with E-state index < -0.39 is 9.84 Å². The van der Waals surface area contributed by atoms with Gasteiger partial charge in [0, 0.05) is 5.69 Å². The van der Waals surface area contributed by atoms with Gasteiger partial charge in [-0.05, 0) is 48.4 Å². The van der Waals surface area contributed by atoms with Crippen molar-refractivity contribution < 1.29 is 8.42 Å². The van der Waals surface area contributed by atoms with Crippen LogP contribution in [-0.4, -0.2) is 23.0 Å². The highest BCUT2D eigenvalue weighted by atomic mass is 32.2. The fraction of sp³-hybridized carbons (Fsp3) is 0.0833. The van der Waals surface area contributed by atoms with Gasteiger partial charge in [-0.3, -0.25) is 4.57 Å². The lowest BCUT2D eigenvalue weighted by Crippen LogP contribution is -2.07. The fourth-order valence-electron chi connectivity index (χ4n) is 3.80. The fourth-order valence-corrected chi connectivity index (χ4v) is 5.30. The van der Waals surface area contributed by atoms with E-state index in [2.05, 4.69) is 11.9 Å². The molecule has 0 saturated heterocycles. The highest BCUT2D eigenvalue weighted by molar-refractivity contribution is 7.92. The number of hydrogen-bond acceptors (Lipinski definition) is 5. The van der Waals surface area contributed by atoms with Gasteiger partial charge in [-0.1, -0.05) is 49.4 Å². The molecule has 0 fully saturated rings. The molecule has 2 aromatic heterocycles. The van der Waals surface area contributed by atoms with Gasteiger partial charge >= 0.3 is 0 Å². The van der Waals surface area contributed by atoms with E-state index in [1.807, 2.05) is 48.5 Å². The summed E-state index contributed by atoms with van der Waals surface area (Å²) < 4.78 is 28.9. The summed E-state index contributed by atoms with van der Waals surface area (Å²) in [6, 6.07) is 23.5. The molecule has 2 N–H and O–H groups in total. The van der Waals surface area contributed by atoms with Crippen LogP contribution in [0.2, 0.25) is 0 Å². The lowest BCUT2D eigenvalue weighted by Gasteiger charge is -2.09. The Bertz CT molecular complexity index is 1540. The summed E-state index contributed by atoms with van der Waals surface area (Å²) in [5, 5.41) is 0. The molecule has 0 saturated carbocycles. The second kappa shape index (κ2) is 7.21. The predicted molar refractivity (Wildman–Crippen MR) is 122 cm³/mol. The monoisotopic (exact) mass is 428 g/mol. The lowest BCUT2D eigenvalue weighted by molar-refractivity contribution is 0.597. The van der Waals surface area contributed by atoms with Gasteiger partial charge < -0.3 is 5.73 Å². The molecule has 0 bridgehead atoms. The zero-order chi connectivity index (χ0) is 21.6. The van der Waals surface area contributed by atoms with Gasteiger partial charge in [0.15, 0.2) is 5.65 Å². The molecule has 31 heavy (non-hydrogen) atoms. The van der Waals surface area contributed by atoms with Crippen LogP contribution in [0.3, 0.4) is 0 Å². The molecular weight excluding hydrogens is 408 g/mol. The summed E-state index contributed by atoms with van der Waals surface area (Å²) in [6.45, 7) is 2.06. The highest BCUT2D eigenvalue weighted by Gasteiger charge is 2.30. The number of anilines is 1. The molecule has 0 unspecified atom stereocenters. The number of fused-ring (bicyclic) bond motifs is 2. The van der Waals surface area contributed by atoms with E-state index in [4.69, 9.17) is 10.7 Å². The molecule has 154 valence electrons. The quantitative estimate of drug-likeness (QED) is 0.453. The summed E-state index contributed by atoms with van der Waals surface area (Å²) in [7, 11) is -3.92. The first-order valence-corrected chi connectivity index (χ1v) is 11.4. The van der Waals surface area contributed by atoms with E-state index in [9.17, 15) is 8.42 Å². The van der Waals surface area contributed by atoms with Crippen molar-refractivity contribution in [1.82, 2.24) is 14.5 Å². The minimum absolute atomic E-state index is 0.0196. The Kier molecular flexibility index (Phi) is 4.48. The van der Waals surface area contributed by atoms with E-state index >= 15 is 0 Å². The van der Waals surface area contributed by atoms with Gasteiger partial charge in [0.25, 0.3) is 0 Å². The Morgan fingerprint density at radius 3 is 2.26 bits per heavy atom. The van der Waals surface area contributed by atoms with E-state index in [1.54, 1.807) is 34.9 Å². The predicted octanol–water partition coefficient (Wildman–Crippen LogP) is 4.55. The third-order valence-corrected chi connectivity index (χ3v) is 7.18. The first-order valence-electron chi connectivity index (χ1n) is 9.97. The Morgan fingerprint density at radius 2 is 1.55 bits per heavy atom. The van der Waals surface area contributed by atoms with Gasteiger partial charge in [0.2, 0.25) is 9.84 Å². The number of benzene rings is 3. The topological polar surface area (TPSA) is 90.9 Å². The van der Waals surface area contributed by atoms with Crippen molar-refractivity contribution in [3.05, 3.63) is 84.4 Å². The summed E-state index contributed by atoms with van der Waals surface area (Å²) in [4.78, 5) is 9.58. The van der Waals surface area contributed by atoms with Crippen molar-refractivity contribution in [2.75, 3.05) is 5.73 Å². The summed E-state index contributed by atoms with van der Waals surface area (Å²) in [5.74, 6) is 0.0995. The minimum Gasteiger partial charge on any atom is -0.384 e. The van der Waals surface area contributed by atoms with Gasteiger partial charge in [0.1, 0.15) is 16.2 Å². The molecule has 7 heteroatoms. The Hall–Kier alpha value is -3.71. The van der Waals surface area contributed by atoms with Gasteiger partial charge in [-0.15, -0.1) is 0 Å². The highest BCUT2D eigenvalue weighted by Crippen LogP contribution is 2.37. The molecule has 5 rings (SSSR count). The number of rotatable bonds is 4. The molecule has 2 heterocycles. The molecule has 5 aromatic rings. The molecule has 6 nitrogen and oxygen atoms in total. The zero-order valence-electron chi connectivity index (χ0n) is 16.9. The molecule has 0 atom stereocenters. The standard InChI is InChI=1S/C24H20N4O2S/c1-2-16-9-8-10-17(15-16)28-23(25)22(31(29,30)18-11-4-3-5-12-18)21-24(28)27-20-14-7-6-13-19(20)26-21/h3-15H,2,25H2,1H3. The van der Waals surface area contributed by atoms with E-state index in [1.165, 1.54) is 0 Å². The number of aryl methyl sites for hydroxylation is 1. The summed E-state index contributed by atoms with van der Waals surface area (Å²) >= 11 is 0. The van der Waals surface area contributed by atoms with E-state index in [-0.39, 0.29) is 21.1 Å². The van der Waals surface area contributed by atoms with Crippen LogP contribution >= 0.6 is 0 Å². The third kappa shape index (κ3) is 3.05. The molecule has 0 spiro atoms. The van der Waals surface area contributed by atoms with E-state index in [0.717, 1.165) is 17.7 Å². The summed E-state index contributed by atoms with van der Waals surface area (Å²) in [5.41, 5.74) is 10.4. The minimum atomic E-state index is -3.92. The average molecular weight is 429 g/mol. The van der Waals surface area contributed by atoms with Crippen LogP contribution in [0.1, 0.15) is 12.5 Å². The van der Waals surface area contributed by atoms with Crippen LogP contribution in [0.4, 0.5) is 5.82 Å². The molecule has 0 aliphatic rings. The number of sulfone groups is 1. The number of nitrogens with zero attached hydrogens (tertiary/aromatic N) is 3. The van der Waals surface area contributed by atoms with Gasteiger partial charge in [-0.25, -0.2) is 18.4 Å². The number of para-hydroxylation sites is 2. The maximum Gasteiger partial charge on any atom is 0.212 e. The molecule has 0 aliphatic heterocycles. The van der Waals surface area contributed by atoms with Crippen LogP contribution in [0.5, 0.6) is 0 Å². The Labute approximate surface area is 179 Å². The summed E-state index contributed by atoms with van der Waals surface area (Å²) in [6.07, 6.45) is 0.844. The number of nitrogen functional groups attached to an aromatic ring is 1. The number of nitrogens with two attached hydrogens (primary N) is 1. The Balaban J connectivity index is 1.92. The maximum absolute atomic E-state index is 13.6. The van der Waals surface area contributed by atoms with Crippen LogP contribution in [0, 0.1) is 0 Å². The van der Waals surface area contributed by atoms with Crippen molar-refractivity contribution in [2.45, 2.75) is 23.1 Å². The number of aromatic nitrogens is 3. The second-order valence-corrected chi connectivity index (χ2v) is 9.16. The van der Waals surface area contributed by atoms with Gasteiger partial charge in [-0.2, -0.15) is 0 Å². The first-order chi connectivity index (χ1) is 15.0. The molecular formula is C24H20N4O2S. The third-order valence-electron chi connectivity index (χ3n) is 5.35. The lowest BCUT2D eigenvalue weighted by atomic mass is 10.1. The molecule has 3 aromatic carbocycles. The normalized spacial score (nSPS) is 11.9. The average Bonchev–Trinajstić information content (AvgIpc) is 3.09. The molecule has 0 radical (unpaired) electrons. The molecule has 0 amide bonds. The van der Waals surface area contributed by atoms with E-state index in [0.29, 0.717) is 16.7 Å². The van der Waals surface area contributed by atoms with Crippen molar-refractivity contribution in [2.24, 2.45) is 0 Å². The zero-order valence-corrected chi connectivity index (χ0v) is 17.7. The SMILES string of the molecule is CCc1cccc(-n2c(N)c(S(=O)(=O)c3ccccc3)c3nc4ccccc4nc32)c1. The van der Waals surface area contributed by atoms with Crippen LogP contribution in [0.15, 0.2) is 88.7 Å². The molecule has 0 aliphatic carbocycles. The van der Waals surface area contributed by atoms with Crippen molar-refractivity contribution >= 4 is 37.9 Å². The second-order valence-electron chi connectivity index (χ2n) is 7.27. The van der Waals surface area contributed by atoms with Crippen molar-refractivity contribution in [1.29, 1.82) is 0 Å². The van der Waals surface area contributed by atoms with Crippen LogP contribution < -0.4 is 5.73 Å². The first kappa shape index (κ1) is 19.3. The van der Waals surface area contributed by atoms with Crippen molar-refractivity contribution in [3.8, 4) is 5.69 Å². The number of hydrogen-bond donors (Lipinski definition) is 1. The maximum atomic E-state index is 13.6. The van der Waals surface area contributed by atoms with Crippen molar-refractivity contribution in [3.63, 3.8) is 0 Å². The van der Waals surface area contributed by atoms with Crippen LogP contribution in [-0.2, 0) is 16.3 Å². The smallest absolute Gasteiger partial charge is 0.212 e.